The first-order valence-corrected chi connectivity index (χ1v) is 20.6. The molecule has 0 saturated carbocycles. The molecular weight excluding hydrogens is 929 g/mol. The molecule has 2 aromatic carbocycles. The van der Waals surface area contributed by atoms with Gasteiger partial charge in [-0.2, -0.15) is 9.97 Å². The zero-order chi connectivity index (χ0) is 40.1. The van der Waals surface area contributed by atoms with Gasteiger partial charge in [-0.15, -0.1) is 49.6 Å². The molecule has 0 atom stereocenters. The van der Waals surface area contributed by atoms with Crippen molar-refractivity contribution >= 4 is 72.8 Å². The number of aryl methyl sites for hydroxylation is 6. The number of nitrogens with zero attached hydrogens (tertiary/aromatic N) is 10. The van der Waals surface area contributed by atoms with Gasteiger partial charge >= 0.3 is 12.0 Å². The van der Waals surface area contributed by atoms with E-state index in [2.05, 4.69) is 29.1 Å². The fraction of sp³-hybridized carbons (Fsp3) is 0.318. The lowest BCUT2D eigenvalue weighted by atomic mass is 10.1. The molecule has 0 aliphatic carbocycles. The van der Waals surface area contributed by atoms with Crippen molar-refractivity contribution in [3.63, 3.8) is 0 Å². The van der Waals surface area contributed by atoms with E-state index in [1.54, 1.807) is 12.4 Å². The van der Waals surface area contributed by atoms with Gasteiger partial charge in [0.25, 0.3) is 0 Å². The number of aromatic nitrogens is 10. The van der Waals surface area contributed by atoms with Crippen LogP contribution < -0.4 is 0 Å². The lowest BCUT2D eigenvalue weighted by Gasteiger charge is -2.03. The van der Waals surface area contributed by atoms with Crippen LogP contribution in [0.1, 0.15) is 74.5 Å². The number of hydrogen-bond donors (Lipinski definition) is 0. The Balaban J connectivity index is 0.000000402. The third-order valence-electron chi connectivity index (χ3n) is 9.93. The first kappa shape index (κ1) is 54.5. The topological polar surface area (TPSA) is 155 Å². The molecular formula is C44H54Cl6N10O3. The molecule has 0 spiro atoms. The molecule has 0 radical (unpaired) electrons. The summed E-state index contributed by atoms with van der Waals surface area (Å²) in [5.74, 6) is 3.51. The first-order valence-electron chi connectivity index (χ1n) is 19.8. The van der Waals surface area contributed by atoms with Gasteiger partial charge in [0.05, 0.1) is 12.7 Å². The summed E-state index contributed by atoms with van der Waals surface area (Å²) < 4.78 is 20.3. The lowest BCUT2D eigenvalue weighted by molar-refractivity contribution is 0.467. The third-order valence-corrected chi connectivity index (χ3v) is 10.4. The second-order valence-corrected chi connectivity index (χ2v) is 15.0. The summed E-state index contributed by atoms with van der Waals surface area (Å²) in [7, 11) is 0. The smallest absolute Gasteiger partial charge is 0.307 e. The number of rotatable bonds is 18. The zero-order valence-electron chi connectivity index (χ0n) is 35.1. The van der Waals surface area contributed by atoms with Crippen molar-refractivity contribution in [2.75, 3.05) is 0 Å². The highest BCUT2D eigenvalue weighted by Gasteiger charge is 2.19. The molecule has 0 aliphatic rings. The normalized spacial score (nSPS) is 10.3. The maximum atomic E-state index is 6.16. The van der Waals surface area contributed by atoms with E-state index in [0.717, 1.165) is 110 Å². The van der Waals surface area contributed by atoms with Crippen molar-refractivity contribution in [1.82, 2.24) is 48.2 Å². The number of oxazole rings is 2. The van der Waals surface area contributed by atoms with Crippen molar-refractivity contribution in [2.24, 2.45) is 0 Å². The van der Waals surface area contributed by atoms with E-state index in [9.17, 15) is 0 Å². The summed E-state index contributed by atoms with van der Waals surface area (Å²) in [5.41, 5.74) is 3.78. The fourth-order valence-corrected chi connectivity index (χ4v) is 7.01. The molecule has 6 heterocycles. The molecule has 6 aromatic heterocycles. The maximum absolute atomic E-state index is 6.16. The van der Waals surface area contributed by atoms with Gasteiger partial charge < -0.3 is 23.4 Å². The Bertz CT molecular complexity index is 2260. The van der Waals surface area contributed by atoms with Gasteiger partial charge in [-0.25, -0.2) is 19.9 Å². The Labute approximate surface area is 402 Å². The van der Waals surface area contributed by atoms with Crippen LogP contribution in [-0.4, -0.2) is 53.6 Å². The Morgan fingerprint density at radius 3 is 1.21 bits per heavy atom. The minimum Gasteiger partial charge on any atom is -0.427 e. The van der Waals surface area contributed by atoms with E-state index in [4.69, 9.17) is 42.0 Å². The van der Waals surface area contributed by atoms with Crippen LogP contribution in [0.25, 0.3) is 34.5 Å². The van der Waals surface area contributed by atoms with E-state index in [0.29, 0.717) is 22.1 Å². The van der Waals surface area contributed by atoms with Crippen LogP contribution in [0, 0.1) is 13.8 Å². The number of halogens is 6. The molecule has 0 aliphatic heterocycles. The Hall–Kier alpha value is -4.60. The molecule has 0 saturated heterocycles. The fourth-order valence-electron chi connectivity index (χ4n) is 6.76. The largest absolute Gasteiger partial charge is 0.427 e. The highest BCUT2D eigenvalue weighted by Crippen LogP contribution is 2.30. The van der Waals surface area contributed by atoms with Crippen LogP contribution in [0.5, 0.6) is 0 Å². The molecule has 13 nitrogen and oxygen atoms in total. The zero-order valence-corrected chi connectivity index (χ0v) is 39.8. The Kier molecular flexibility index (Phi) is 23.9. The Morgan fingerprint density at radius 1 is 0.492 bits per heavy atom. The molecule has 340 valence electrons. The van der Waals surface area contributed by atoms with E-state index in [1.807, 2.05) is 121 Å². The highest BCUT2D eigenvalue weighted by atomic mass is 35.5. The van der Waals surface area contributed by atoms with Gasteiger partial charge in [-0.05, 0) is 63.8 Å². The summed E-state index contributed by atoms with van der Waals surface area (Å²) in [6.07, 6.45) is 29.4. The summed E-state index contributed by atoms with van der Waals surface area (Å²) in [4.78, 5) is 26.2. The number of imidazole rings is 4. The predicted octanol–water partition coefficient (Wildman–Crippen LogP) is 11.8. The number of hydrogen-bond acceptors (Lipinski definition) is 8. The number of benzene rings is 2. The molecule has 63 heavy (non-hydrogen) atoms. The van der Waals surface area contributed by atoms with Gasteiger partial charge in [-0.3, -0.25) is 9.13 Å². The molecule has 0 bridgehead atoms. The van der Waals surface area contributed by atoms with Crippen LogP contribution in [0.15, 0.2) is 120 Å². The molecule has 8 aromatic rings. The average Bonchev–Trinajstić information content (AvgIpc) is 4.09. The van der Waals surface area contributed by atoms with Gasteiger partial charge in [0.2, 0.25) is 0 Å². The second-order valence-electron chi connectivity index (χ2n) is 14.2. The van der Waals surface area contributed by atoms with Gasteiger partial charge in [0.15, 0.2) is 0 Å². The lowest BCUT2D eigenvalue weighted by Crippen LogP contribution is -1.95. The summed E-state index contributed by atoms with van der Waals surface area (Å²) in [5, 5.41) is 1.42. The summed E-state index contributed by atoms with van der Waals surface area (Å²) >= 11 is 12.1. The van der Waals surface area contributed by atoms with Crippen LogP contribution >= 0.6 is 72.8 Å². The van der Waals surface area contributed by atoms with Crippen molar-refractivity contribution < 1.29 is 14.3 Å². The van der Waals surface area contributed by atoms with Gasteiger partial charge in [-0.1, -0.05) is 73.2 Å². The number of unbranched alkanes of at least 4 members (excludes halogenated alkanes) is 6. The van der Waals surface area contributed by atoms with Crippen LogP contribution in [-0.2, 0) is 25.9 Å². The van der Waals surface area contributed by atoms with Crippen molar-refractivity contribution in [3.8, 4) is 34.5 Å². The van der Waals surface area contributed by atoms with Crippen LogP contribution in [0.3, 0.4) is 0 Å². The van der Waals surface area contributed by atoms with E-state index in [1.165, 1.54) is 12.8 Å². The molecule has 0 unspecified atom stereocenters. The molecule has 2 N–H and O–H groups in total. The van der Waals surface area contributed by atoms with Crippen molar-refractivity contribution in [1.29, 1.82) is 0 Å². The third kappa shape index (κ3) is 15.3. The van der Waals surface area contributed by atoms with E-state index >= 15 is 0 Å². The summed E-state index contributed by atoms with van der Waals surface area (Å²) in [6.45, 7) is 5.91. The SMILES string of the molecule is Cc1nccn1-c1nc(-c2ccc(Cl)cc2)c(CCCCCCn2ccnc2)o1.Cc1nccn1-c1nc(-c2ccc(Cl)cc2)c(CCCCCCn2ccnc2)o1.Cl.Cl.Cl.Cl.O. The van der Waals surface area contributed by atoms with Crippen LogP contribution in [0.4, 0.5) is 0 Å². The maximum Gasteiger partial charge on any atom is 0.307 e. The minimum absolute atomic E-state index is 0. The van der Waals surface area contributed by atoms with Crippen molar-refractivity contribution in [3.05, 3.63) is 144 Å². The molecule has 0 amide bonds. The van der Waals surface area contributed by atoms with Crippen molar-refractivity contribution in [2.45, 2.75) is 91.1 Å². The van der Waals surface area contributed by atoms with E-state index < -0.39 is 0 Å². The molecule has 19 heteroatoms. The van der Waals surface area contributed by atoms with E-state index in [-0.39, 0.29) is 55.1 Å². The quantitative estimate of drug-likeness (QED) is 0.0770. The first-order chi connectivity index (χ1) is 28.4. The monoisotopic (exact) mass is 980 g/mol. The second kappa shape index (κ2) is 27.6. The summed E-state index contributed by atoms with van der Waals surface area (Å²) in [6, 6.07) is 16.6. The van der Waals surface area contributed by atoms with Gasteiger partial charge in [0.1, 0.15) is 34.6 Å². The van der Waals surface area contributed by atoms with Gasteiger partial charge in [0, 0.05) is 96.7 Å². The highest BCUT2D eigenvalue weighted by molar-refractivity contribution is 6.30. The minimum atomic E-state index is 0. The standard InChI is InChI=1S/2C22H24ClN5O.4ClH.H2O/c2*1-17-25-12-15-28(17)22-26-21(18-7-9-19(23)10-8-18)20(29-22)6-4-2-3-5-13-27-14-11-24-16-27;;;;;/h2*7-12,14-16H,2-6,13H2,1H3;4*1H;1H2. The Morgan fingerprint density at radius 2 is 0.873 bits per heavy atom. The molecule has 8 rings (SSSR count). The van der Waals surface area contributed by atoms with Crippen LogP contribution in [0.2, 0.25) is 10.0 Å². The average molecular weight is 984 g/mol. The molecule has 0 fully saturated rings. The predicted molar refractivity (Wildman–Crippen MR) is 259 cm³/mol.